The first-order valence-electron chi connectivity index (χ1n) is 4.66. The van der Waals surface area contributed by atoms with Crippen molar-refractivity contribution in [3.8, 4) is 0 Å². The number of aryl methyl sites for hydroxylation is 1. The number of hydrogen-bond donors (Lipinski definition) is 2. The lowest BCUT2D eigenvalue weighted by atomic mass is 10.2. The molecule has 0 unspecified atom stereocenters. The van der Waals surface area contributed by atoms with Gasteiger partial charge in [0.25, 0.3) is 0 Å². The van der Waals surface area contributed by atoms with Gasteiger partial charge in [-0.1, -0.05) is 6.92 Å². The van der Waals surface area contributed by atoms with Crippen LogP contribution < -0.4 is 10.6 Å². The standard InChI is InChI=1S/C9H14N4/c1-2-7-3-9(12-6-11-7)13-8-4-10-5-8/h3,6,8,10H,2,4-5H2,1H3,(H,11,12,13). The first-order valence-corrected chi connectivity index (χ1v) is 4.66. The van der Waals surface area contributed by atoms with E-state index in [9.17, 15) is 0 Å². The van der Waals surface area contributed by atoms with E-state index < -0.39 is 0 Å². The van der Waals surface area contributed by atoms with Gasteiger partial charge in [0, 0.05) is 24.8 Å². The van der Waals surface area contributed by atoms with Gasteiger partial charge in [0.1, 0.15) is 12.1 Å². The molecule has 4 heteroatoms. The zero-order valence-electron chi connectivity index (χ0n) is 7.75. The predicted octanol–water partition coefficient (Wildman–Crippen LogP) is 0.423. The van der Waals surface area contributed by atoms with E-state index in [1.165, 1.54) is 0 Å². The summed E-state index contributed by atoms with van der Waals surface area (Å²) in [4.78, 5) is 8.30. The Morgan fingerprint density at radius 2 is 2.38 bits per heavy atom. The van der Waals surface area contributed by atoms with Crippen LogP contribution in [0.1, 0.15) is 12.6 Å². The number of nitrogens with one attached hydrogen (secondary N) is 2. The predicted molar refractivity (Wildman–Crippen MR) is 51.7 cm³/mol. The molecule has 0 aromatic carbocycles. The summed E-state index contributed by atoms with van der Waals surface area (Å²) in [5, 5.41) is 6.54. The van der Waals surface area contributed by atoms with E-state index in [1.54, 1.807) is 6.33 Å². The van der Waals surface area contributed by atoms with Crippen LogP contribution in [-0.2, 0) is 6.42 Å². The minimum absolute atomic E-state index is 0.541. The molecule has 1 aliphatic heterocycles. The topological polar surface area (TPSA) is 49.8 Å². The quantitative estimate of drug-likeness (QED) is 0.704. The molecule has 1 fully saturated rings. The van der Waals surface area contributed by atoms with Crippen LogP contribution in [0.15, 0.2) is 12.4 Å². The number of rotatable bonds is 3. The molecule has 1 aromatic rings. The molecule has 0 bridgehead atoms. The molecule has 2 heterocycles. The third-order valence-electron chi connectivity index (χ3n) is 2.22. The molecule has 70 valence electrons. The Morgan fingerprint density at radius 3 is 3.00 bits per heavy atom. The Morgan fingerprint density at radius 1 is 1.54 bits per heavy atom. The molecule has 2 N–H and O–H groups in total. The Kier molecular flexibility index (Phi) is 2.40. The molecule has 4 nitrogen and oxygen atoms in total. The van der Waals surface area contributed by atoms with Crippen molar-refractivity contribution in [3.05, 3.63) is 18.1 Å². The minimum Gasteiger partial charge on any atom is -0.365 e. The average Bonchev–Trinajstić information content (AvgIpc) is 2.12. The monoisotopic (exact) mass is 178 g/mol. The number of nitrogens with zero attached hydrogens (tertiary/aromatic N) is 2. The van der Waals surface area contributed by atoms with Gasteiger partial charge < -0.3 is 10.6 Å². The Balaban J connectivity index is 2.01. The molecule has 0 aliphatic carbocycles. The molecule has 1 saturated heterocycles. The van der Waals surface area contributed by atoms with Gasteiger partial charge in [-0.2, -0.15) is 0 Å². The minimum atomic E-state index is 0.541. The molecule has 1 aromatic heterocycles. The number of anilines is 1. The van der Waals surface area contributed by atoms with Crippen molar-refractivity contribution < 1.29 is 0 Å². The van der Waals surface area contributed by atoms with Gasteiger partial charge in [-0.05, 0) is 6.42 Å². The van der Waals surface area contributed by atoms with E-state index in [1.807, 2.05) is 6.07 Å². The van der Waals surface area contributed by atoms with E-state index in [0.717, 1.165) is 31.0 Å². The fourth-order valence-electron chi connectivity index (χ4n) is 1.27. The van der Waals surface area contributed by atoms with E-state index in [2.05, 4.69) is 27.5 Å². The van der Waals surface area contributed by atoms with Crippen LogP contribution in [0.2, 0.25) is 0 Å². The van der Waals surface area contributed by atoms with Crippen LogP contribution in [0.25, 0.3) is 0 Å². The summed E-state index contributed by atoms with van der Waals surface area (Å²) in [6.07, 6.45) is 2.58. The molecule has 0 radical (unpaired) electrons. The third-order valence-corrected chi connectivity index (χ3v) is 2.22. The summed E-state index contributed by atoms with van der Waals surface area (Å²) in [5.74, 6) is 0.943. The normalized spacial score (nSPS) is 16.7. The molecular weight excluding hydrogens is 164 g/mol. The zero-order chi connectivity index (χ0) is 9.10. The lowest BCUT2D eigenvalue weighted by Gasteiger charge is -2.28. The molecule has 13 heavy (non-hydrogen) atoms. The van der Waals surface area contributed by atoms with Gasteiger partial charge in [-0.3, -0.25) is 0 Å². The number of aromatic nitrogens is 2. The smallest absolute Gasteiger partial charge is 0.129 e. The highest BCUT2D eigenvalue weighted by Gasteiger charge is 2.16. The molecule has 0 spiro atoms. The van der Waals surface area contributed by atoms with Crippen molar-refractivity contribution in [2.75, 3.05) is 18.4 Å². The van der Waals surface area contributed by atoms with Crippen molar-refractivity contribution in [1.29, 1.82) is 0 Å². The Bertz CT molecular complexity index is 283. The van der Waals surface area contributed by atoms with E-state index >= 15 is 0 Å². The second-order valence-corrected chi connectivity index (χ2v) is 3.25. The van der Waals surface area contributed by atoms with Crippen LogP contribution in [0.3, 0.4) is 0 Å². The van der Waals surface area contributed by atoms with Gasteiger partial charge in [0.05, 0.1) is 6.04 Å². The maximum absolute atomic E-state index is 4.16. The molecule has 0 saturated carbocycles. The highest BCUT2D eigenvalue weighted by atomic mass is 15.1. The van der Waals surface area contributed by atoms with Gasteiger partial charge in [0.2, 0.25) is 0 Å². The highest BCUT2D eigenvalue weighted by Crippen LogP contribution is 2.07. The van der Waals surface area contributed by atoms with Crippen molar-refractivity contribution >= 4 is 5.82 Å². The lowest BCUT2D eigenvalue weighted by molar-refractivity contribution is 0.471. The summed E-state index contributed by atoms with van der Waals surface area (Å²) < 4.78 is 0. The fraction of sp³-hybridized carbons (Fsp3) is 0.556. The molecule has 2 rings (SSSR count). The van der Waals surface area contributed by atoms with Crippen molar-refractivity contribution in [2.45, 2.75) is 19.4 Å². The fourth-order valence-corrected chi connectivity index (χ4v) is 1.27. The summed E-state index contributed by atoms with van der Waals surface area (Å²) >= 11 is 0. The van der Waals surface area contributed by atoms with Crippen LogP contribution in [0.5, 0.6) is 0 Å². The van der Waals surface area contributed by atoms with E-state index in [0.29, 0.717) is 6.04 Å². The van der Waals surface area contributed by atoms with Gasteiger partial charge in [-0.15, -0.1) is 0 Å². The first kappa shape index (κ1) is 8.44. The van der Waals surface area contributed by atoms with Crippen LogP contribution in [0, 0.1) is 0 Å². The maximum atomic E-state index is 4.16. The Labute approximate surface area is 77.8 Å². The van der Waals surface area contributed by atoms with Gasteiger partial charge >= 0.3 is 0 Å². The van der Waals surface area contributed by atoms with E-state index in [-0.39, 0.29) is 0 Å². The largest absolute Gasteiger partial charge is 0.365 e. The second-order valence-electron chi connectivity index (χ2n) is 3.25. The third kappa shape index (κ3) is 1.95. The summed E-state index contributed by atoms with van der Waals surface area (Å²) in [7, 11) is 0. The van der Waals surface area contributed by atoms with Crippen LogP contribution in [-0.4, -0.2) is 29.1 Å². The van der Waals surface area contributed by atoms with E-state index in [4.69, 9.17) is 0 Å². The maximum Gasteiger partial charge on any atom is 0.129 e. The average molecular weight is 178 g/mol. The molecule has 0 atom stereocenters. The summed E-state index contributed by atoms with van der Waals surface area (Å²) in [6.45, 7) is 4.16. The zero-order valence-corrected chi connectivity index (χ0v) is 7.75. The first-order chi connectivity index (χ1) is 6.38. The molecule has 0 amide bonds. The Hall–Kier alpha value is -1.16. The second kappa shape index (κ2) is 3.70. The molecular formula is C9H14N4. The summed E-state index contributed by atoms with van der Waals surface area (Å²) in [5.41, 5.74) is 1.09. The van der Waals surface area contributed by atoms with Crippen molar-refractivity contribution in [1.82, 2.24) is 15.3 Å². The SMILES string of the molecule is CCc1cc(NC2CNC2)ncn1. The van der Waals surface area contributed by atoms with Gasteiger partial charge in [0.15, 0.2) is 0 Å². The number of hydrogen-bond acceptors (Lipinski definition) is 4. The van der Waals surface area contributed by atoms with Crippen LogP contribution in [0.4, 0.5) is 5.82 Å². The molecule has 1 aliphatic rings. The summed E-state index contributed by atoms with van der Waals surface area (Å²) in [6, 6.07) is 2.55. The lowest BCUT2D eigenvalue weighted by Crippen LogP contribution is -2.51. The van der Waals surface area contributed by atoms with Crippen molar-refractivity contribution in [2.24, 2.45) is 0 Å². The van der Waals surface area contributed by atoms with Crippen molar-refractivity contribution in [3.63, 3.8) is 0 Å². The van der Waals surface area contributed by atoms with Crippen LogP contribution >= 0.6 is 0 Å². The highest BCUT2D eigenvalue weighted by molar-refractivity contribution is 5.36. The van der Waals surface area contributed by atoms with Gasteiger partial charge in [-0.25, -0.2) is 9.97 Å².